The number of hydrogen-bond donors (Lipinski definition) is 2. The van der Waals surface area contributed by atoms with E-state index < -0.39 is 33.7 Å². The Hall–Kier alpha value is -0.893. The first kappa shape index (κ1) is 17.2. The molecule has 0 aromatic heterocycles. The summed E-state index contributed by atoms with van der Waals surface area (Å²) in [6, 6.07) is 2.92. The summed E-state index contributed by atoms with van der Waals surface area (Å²) >= 11 is 0. The Kier molecular flexibility index (Phi) is 7.82. The van der Waals surface area contributed by atoms with Crippen LogP contribution in [0.2, 0.25) is 6.04 Å². The van der Waals surface area contributed by atoms with Gasteiger partial charge in [-0.1, -0.05) is 19.3 Å². The Labute approximate surface area is 118 Å². The van der Waals surface area contributed by atoms with E-state index in [4.69, 9.17) is 10.2 Å². The number of aliphatic hydroxyl groups is 2. The summed E-state index contributed by atoms with van der Waals surface area (Å²) in [6.45, 7) is -1.66. The Morgan fingerprint density at radius 3 is 2.20 bits per heavy atom. The summed E-state index contributed by atoms with van der Waals surface area (Å²) in [5.74, 6) is -3.72. The molecule has 0 radical (unpaired) electrons. The second-order valence-corrected chi connectivity index (χ2v) is 6.04. The van der Waals surface area contributed by atoms with E-state index in [0.29, 0.717) is 12.0 Å². The van der Waals surface area contributed by atoms with E-state index >= 15 is 0 Å². The molecule has 0 spiro atoms. The number of halogens is 3. The van der Waals surface area contributed by atoms with E-state index in [1.807, 2.05) is 0 Å². The average molecular weight is 308 g/mol. The van der Waals surface area contributed by atoms with Gasteiger partial charge in [0.2, 0.25) is 0 Å². The van der Waals surface area contributed by atoms with Gasteiger partial charge in [-0.05, 0) is 36.6 Å². The van der Waals surface area contributed by atoms with E-state index in [-0.39, 0.29) is 0 Å². The lowest BCUT2D eigenvalue weighted by molar-refractivity contribution is -0.180. The van der Waals surface area contributed by atoms with Crippen molar-refractivity contribution in [2.45, 2.75) is 44.6 Å². The van der Waals surface area contributed by atoms with Crippen LogP contribution in [-0.4, -0.2) is 26.5 Å². The maximum absolute atomic E-state index is 13.0. The van der Waals surface area contributed by atoms with E-state index in [1.54, 1.807) is 0 Å². The smallest absolute Gasteiger partial charge is 0.256 e. The maximum atomic E-state index is 13.0. The van der Waals surface area contributed by atoms with E-state index in [1.165, 1.54) is 0 Å². The molecule has 0 aliphatic carbocycles. The first-order chi connectivity index (χ1) is 9.50. The van der Waals surface area contributed by atoms with Gasteiger partial charge in [0.1, 0.15) is 0 Å². The third-order valence-electron chi connectivity index (χ3n) is 2.92. The van der Waals surface area contributed by atoms with Crippen LogP contribution in [0, 0.1) is 17.5 Å². The molecule has 114 valence electrons. The predicted octanol–water partition coefficient (Wildman–Crippen LogP) is 1.99. The Balaban J connectivity index is 2.13. The van der Waals surface area contributed by atoms with E-state index in [0.717, 1.165) is 43.9 Å². The number of unbranched alkanes of at least 4 members (excludes halogenated alkanes) is 3. The normalized spacial score (nSPS) is 11.9. The number of hydrogen-bond acceptors (Lipinski definition) is 3. The topological polar surface area (TPSA) is 49.7 Å². The Bertz CT molecular complexity index is 393. The highest BCUT2D eigenvalue weighted by Gasteiger charge is 2.10. The first-order valence-corrected chi connectivity index (χ1v) is 8.19. The lowest BCUT2D eigenvalue weighted by Gasteiger charge is -2.05. The van der Waals surface area contributed by atoms with Crippen LogP contribution >= 0.6 is 0 Å². The van der Waals surface area contributed by atoms with Crippen molar-refractivity contribution >= 4 is 9.76 Å². The summed E-state index contributed by atoms with van der Waals surface area (Å²) < 4.78 is 43.3. The second kappa shape index (κ2) is 9.12. The molecule has 0 fully saturated rings. The standard InChI is InChI=1S/C13H19F3O3Si/c14-10-7-9(8-11(15)12(10)16)5-3-1-2-4-6-20-19-13(17)18/h7-8,13,17-18H,1-6,20H2. The average Bonchev–Trinajstić information content (AvgIpc) is 2.38. The monoisotopic (exact) mass is 308 g/mol. The summed E-state index contributed by atoms with van der Waals surface area (Å²) in [7, 11) is -0.877. The molecule has 1 aromatic carbocycles. The Morgan fingerprint density at radius 2 is 1.60 bits per heavy atom. The molecular weight excluding hydrogens is 289 g/mol. The molecule has 0 saturated heterocycles. The molecule has 1 aromatic rings. The molecule has 0 aliphatic heterocycles. The summed E-state index contributed by atoms with van der Waals surface area (Å²) in [5, 5.41) is 16.9. The van der Waals surface area contributed by atoms with Crippen molar-refractivity contribution in [2.24, 2.45) is 0 Å². The zero-order valence-corrected chi connectivity index (χ0v) is 12.5. The summed E-state index contributed by atoms with van der Waals surface area (Å²) in [5.41, 5.74) is 0.461. The van der Waals surface area contributed by atoms with Gasteiger partial charge in [-0.2, -0.15) is 0 Å². The maximum Gasteiger partial charge on any atom is 0.256 e. The fraction of sp³-hybridized carbons (Fsp3) is 0.538. The number of rotatable bonds is 9. The van der Waals surface area contributed by atoms with Gasteiger partial charge in [-0.15, -0.1) is 0 Å². The third-order valence-corrected chi connectivity index (χ3v) is 4.24. The van der Waals surface area contributed by atoms with E-state index in [9.17, 15) is 13.2 Å². The van der Waals surface area contributed by atoms with Crippen LogP contribution in [0.5, 0.6) is 0 Å². The zero-order chi connectivity index (χ0) is 15.0. The van der Waals surface area contributed by atoms with Crippen molar-refractivity contribution in [3.63, 3.8) is 0 Å². The van der Waals surface area contributed by atoms with Crippen molar-refractivity contribution in [3.05, 3.63) is 35.1 Å². The Morgan fingerprint density at radius 1 is 1.00 bits per heavy atom. The van der Waals surface area contributed by atoms with Crippen molar-refractivity contribution in [3.8, 4) is 0 Å². The lowest BCUT2D eigenvalue weighted by Crippen LogP contribution is -2.12. The minimum Gasteiger partial charge on any atom is -0.379 e. The van der Waals surface area contributed by atoms with Crippen LogP contribution in [0.15, 0.2) is 12.1 Å². The SMILES string of the molecule is OC(O)O[SiH2]CCCCCCc1cc(F)c(F)c(F)c1. The van der Waals surface area contributed by atoms with Crippen molar-refractivity contribution in [1.82, 2.24) is 0 Å². The summed E-state index contributed by atoms with van der Waals surface area (Å²) in [6.07, 6.45) is 4.07. The van der Waals surface area contributed by atoms with Gasteiger partial charge < -0.3 is 14.6 Å². The molecule has 0 atom stereocenters. The lowest BCUT2D eigenvalue weighted by atomic mass is 10.1. The van der Waals surface area contributed by atoms with Gasteiger partial charge in [-0.25, -0.2) is 13.2 Å². The summed E-state index contributed by atoms with van der Waals surface area (Å²) in [4.78, 5) is 0. The molecule has 0 amide bonds. The molecule has 1 rings (SSSR count). The molecule has 2 N–H and O–H groups in total. The molecular formula is C13H19F3O3Si. The zero-order valence-electron chi connectivity index (χ0n) is 11.1. The molecule has 0 heterocycles. The van der Waals surface area contributed by atoms with Crippen molar-refractivity contribution in [2.75, 3.05) is 0 Å². The highest BCUT2D eigenvalue weighted by molar-refractivity contribution is 6.26. The van der Waals surface area contributed by atoms with Gasteiger partial charge in [-0.3, -0.25) is 0 Å². The molecule has 0 unspecified atom stereocenters. The molecule has 20 heavy (non-hydrogen) atoms. The highest BCUT2D eigenvalue weighted by Crippen LogP contribution is 2.16. The minimum absolute atomic E-state index is 0.461. The van der Waals surface area contributed by atoms with Crippen LogP contribution < -0.4 is 0 Å². The molecule has 7 heteroatoms. The highest BCUT2D eigenvalue weighted by atomic mass is 28.2. The van der Waals surface area contributed by atoms with Gasteiger partial charge in [0.15, 0.2) is 27.2 Å². The van der Waals surface area contributed by atoms with Crippen LogP contribution in [-0.2, 0) is 10.8 Å². The molecule has 0 saturated carbocycles. The quantitative estimate of drug-likeness (QED) is 0.317. The van der Waals surface area contributed by atoms with Gasteiger partial charge in [0, 0.05) is 0 Å². The van der Waals surface area contributed by atoms with Gasteiger partial charge in [0.25, 0.3) is 6.48 Å². The predicted molar refractivity (Wildman–Crippen MR) is 71.1 cm³/mol. The minimum atomic E-state index is -1.66. The van der Waals surface area contributed by atoms with Crippen molar-refractivity contribution in [1.29, 1.82) is 0 Å². The van der Waals surface area contributed by atoms with Gasteiger partial charge >= 0.3 is 0 Å². The number of aliphatic hydroxyl groups excluding tert-OH is 1. The number of aryl methyl sites for hydroxylation is 1. The third kappa shape index (κ3) is 6.51. The van der Waals surface area contributed by atoms with E-state index in [2.05, 4.69) is 4.43 Å². The molecule has 0 bridgehead atoms. The first-order valence-electron chi connectivity index (χ1n) is 6.62. The van der Waals surface area contributed by atoms with Crippen LogP contribution in [0.25, 0.3) is 0 Å². The molecule has 0 aliphatic rings. The molecule has 3 nitrogen and oxygen atoms in total. The van der Waals surface area contributed by atoms with Crippen LogP contribution in [0.1, 0.15) is 31.2 Å². The largest absolute Gasteiger partial charge is 0.379 e. The van der Waals surface area contributed by atoms with Crippen LogP contribution in [0.4, 0.5) is 13.2 Å². The van der Waals surface area contributed by atoms with Gasteiger partial charge in [0.05, 0.1) is 0 Å². The fourth-order valence-corrected chi connectivity index (χ4v) is 2.84. The fourth-order valence-electron chi connectivity index (χ4n) is 1.90. The van der Waals surface area contributed by atoms with Crippen molar-refractivity contribution < 1.29 is 27.8 Å². The second-order valence-electron chi connectivity index (χ2n) is 4.59. The number of benzene rings is 1. The van der Waals surface area contributed by atoms with Crippen LogP contribution in [0.3, 0.4) is 0 Å².